The Labute approximate surface area is 198 Å². The maximum absolute atomic E-state index is 13.3. The molecule has 3 fully saturated rings. The molecule has 0 bridgehead atoms. The van der Waals surface area contributed by atoms with Crippen LogP contribution in [0.5, 0.6) is 0 Å². The third-order valence-corrected chi connectivity index (χ3v) is 9.73. The topological polar surface area (TPSA) is 46.2 Å². The van der Waals surface area contributed by atoms with Gasteiger partial charge in [0.05, 0.1) is 5.56 Å². The van der Waals surface area contributed by atoms with E-state index in [-0.39, 0.29) is 28.4 Å². The van der Waals surface area contributed by atoms with Gasteiger partial charge in [0.25, 0.3) is 0 Å². The fraction of sp³-hybridized carbons (Fsp3) is 0.571. The van der Waals surface area contributed by atoms with E-state index >= 15 is 0 Å². The summed E-state index contributed by atoms with van der Waals surface area (Å²) >= 11 is 0. The molecule has 0 spiro atoms. The minimum atomic E-state index is -4.39. The molecule has 0 aliphatic heterocycles. The molecule has 0 radical (unpaired) electrons. The van der Waals surface area contributed by atoms with Gasteiger partial charge in [-0.3, -0.25) is 9.59 Å². The number of halogens is 3. The number of hydrogen-bond donors (Lipinski definition) is 1. The summed E-state index contributed by atoms with van der Waals surface area (Å²) in [4.78, 5) is 25.4. The van der Waals surface area contributed by atoms with Crippen LogP contribution in [0.15, 0.2) is 48.1 Å². The van der Waals surface area contributed by atoms with E-state index in [0.29, 0.717) is 29.9 Å². The zero-order chi connectivity index (χ0) is 24.5. The SMILES string of the molecule is C=C1CC2C(CC[C@@]3(C)C2CC[C@@H]3C(=O)Nc2ccc(C(F)(F)F)cc2)[C@@]2(C)CCC(=O)C=C12. The van der Waals surface area contributed by atoms with Gasteiger partial charge < -0.3 is 5.32 Å². The summed E-state index contributed by atoms with van der Waals surface area (Å²) < 4.78 is 38.6. The van der Waals surface area contributed by atoms with Crippen molar-refractivity contribution >= 4 is 17.4 Å². The Morgan fingerprint density at radius 2 is 1.76 bits per heavy atom. The number of carbonyl (C=O) groups excluding carboxylic acids is 2. The van der Waals surface area contributed by atoms with Crippen molar-refractivity contribution in [3.63, 3.8) is 0 Å². The quantitative estimate of drug-likeness (QED) is 0.507. The average Bonchev–Trinajstić information content (AvgIpc) is 3.12. The number of rotatable bonds is 2. The van der Waals surface area contributed by atoms with Gasteiger partial charge in [-0.05, 0) is 103 Å². The van der Waals surface area contributed by atoms with Crippen LogP contribution < -0.4 is 5.32 Å². The van der Waals surface area contributed by atoms with Gasteiger partial charge in [-0.15, -0.1) is 0 Å². The molecule has 1 aromatic rings. The molecule has 0 saturated heterocycles. The number of carbonyl (C=O) groups is 2. The first-order valence-corrected chi connectivity index (χ1v) is 12.3. The number of fused-ring (bicyclic) bond motifs is 5. The zero-order valence-corrected chi connectivity index (χ0v) is 19.8. The lowest BCUT2D eigenvalue weighted by molar-refractivity contribution is -0.137. The first-order valence-electron chi connectivity index (χ1n) is 12.3. The molecule has 0 aromatic heterocycles. The van der Waals surface area contributed by atoms with Gasteiger partial charge in [-0.25, -0.2) is 0 Å². The van der Waals surface area contributed by atoms with E-state index in [2.05, 4.69) is 25.7 Å². The molecule has 34 heavy (non-hydrogen) atoms. The van der Waals surface area contributed by atoms with Crippen molar-refractivity contribution in [2.75, 3.05) is 5.32 Å². The van der Waals surface area contributed by atoms with Gasteiger partial charge in [0.2, 0.25) is 5.91 Å². The number of nitrogens with one attached hydrogen (secondary N) is 1. The Kier molecular flexibility index (Phi) is 5.38. The second-order valence-electron chi connectivity index (χ2n) is 11.4. The lowest BCUT2D eigenvalue weighted by Crippen LogP contribution is -2.51. The summed E-state index contributed by atoms with van der Waals surface area (Å²) in [7, 11) is 0. The number of hydrogen-bond acceptors (Lipinski definition) is 2. The van der Waals surface area contributed by atoms with Crippen LogP contribution in [0.25, 0.3) is 0 Å². The molecular formula is C28H32F3NO2. The molecule has 0 heterocycles. The highest BCUT2D eigenvalue weighted by atomic mass is 19.4. The highest BCUT2D eigenvalue weighted by Gasteiger charge is 2.60. The van der Waals surface area contributed by atoms with E-state index < -0.39 is 11.7 Å². The van der Waals surface area contributed by atoms with Gasteiger partial charge in [-0.1, -0.05) is 26.0 Å². The van der Waals surface area contributed by atoms with Crippen LogP contribution in [0.3, 0.4) is 0 Å². The Morgan fingerprint density at radius 3 is 2.44 bits per heavy atom. The molecule has 1 amide bonds. The molecular weight excluding hydrogens is 439 g/mol. The molecule has 3 nitrogen and oxygen atoms in total. The van der Waals surface area contributed by atoms with Gasteiger partial charge in [-0.2, -0.15) is 13.2 Å². The van der Waals surface area contributed by atoms with Crippen molar-refractivity contribution < 1.29 is 22.8 Å². The molecule has 4 aliphatic rings. The lowest BCUT2D eigenvalue weighted by Gasteiger charge is -2.58. The number of benzene rings is 1. The fourth-order valence-electron chi connectivity index (χ4n) is 7.97. The summed E-state index contributed by atoms with van der Waals surface area (Å²) in [5.74, 6) is 1.30. The van der Waals surface area contributed by atoms with Crippen molar-refractivity contribution in [3.8, 4) is 0 Å². The number of alkyl halides is 3. The predicted octanol–water partition coefficient (Wildman–Crippen LogP) is 6.96. The second-order valence-corrected chi connectivity index (χ2v) is 11.4. The first-order chi connectivity index (χ1) is 15.9. The predicted molar refractivity (Wildman–Crippen MR) is 125 cm³/mol. The second kappa shape index (κ2) is 7.82. The Bertz CT molecular complexity index is 1070. The number of ketones is 1. The van der Waals surface area contributed by atoms with E-state index in [1.54, 1.807) is 0 Å². The Balaban J connectivity index is 1.35. The van der Waals surface area contributed by atoms with Crippen LogP contribution in [0, 0.1) is 34.5 Å². The average molecular weight is 472 g/mol. The standard InChI is InChI=1S/C28H32F3NO2/c1-16-14-20-21-8-9-23(25(34)32-18-6-4-17(5-7-18)28(29,30)31)26(21,2)13-11-22(20)27(3)12-10-19(33)15-24(16)27/h4-7,15,20-23H,1,8-14H2,2-3H3,(H,32,34)/t20?,21?,22?,23-,26+,27-/m1/s1. The monoisotopic (exact) mass is 471 g/mol. The maximum atomic E-state index is 13.3. The van der Waals surface area contributed by atoms with E-state index in [1.807, 2.05) is 6.08 Å². The van der Waals surface area contributed by atoms with Gasteiger partial charge in [0, 0.05) is 18.0 Å². The van der Waals surface area contributed by atoms with Crippen LogP contribution in [0.4, 0.5) is 18.9 Å². The van der Waals surface area contributed by atoms with Crippen LogP contribution >= 0.6 is 0 Å². The van der Waals surface area contributed by atoms with Crippen LogP contribution in [0.2, 0.25) is 0 Å². The third kappa shape index (κ3) is 3.56. The third-order valence-electron chi connectivity index (χ3n) is 9.73. The number of anilines is 1. The molecule has 6 heteroatoms. The van der Waals surface area contributed by atoms with Crippen LogP contribution in [-0.2, 0) is 15.8 Å². The normalized spacial score (nSPS) is 37.4. The summed E-state index contributed by atoms with van der Waals surface area (Å²) in [6.07, 6.45) is 3.54. The molecule has 5 rings (SSSR count). The molecule has 4 aliphatic carbocycles. The largest absolute Gasteiger partial charge is 0.416 e. The molecule has 6 atom stereocenters. The first kappa shape index (κ1) is 23.4. The van der Waals surface area contributed by atoms with E-state index in [4.69, 9.17) is 0 Å². The molecule has 1 N–H and O–H groups in total. The van der Waals surface area contributed by atoms with Crippen molar-refractivity contribution in [2.45, 2.75) is 65.0 Å². The van der Waals surface area contributed by atoms with Crippen LogP contribution in [-0.4, -0.2) is 11.7 Å². The Hall–Kier alpha value is -2.37. The van der Waals surface area contributed by atoms with Crippen molar-refractivity contribution in [1.29, 1.82) is 0 Å². The van der Waals surface area contributed by atoms with Crippen molar-refractivity contribution in [1.82, 2.24) is 0 Å². The minimum Gasteiger partial charge on any atom is -0.326 e. The highest BCUT2D eigenvalue weighted by molar-refractivity contribution is 5.93. The smallest absolute Gasteiger partial charge is 0.326 e. The van der Waals surface area contributed by atoms with Gasteiger partial charge >= 0.3 is 6.18 Å². The zero-order valence-electron chi connectivity index (χ0n) is 19.8. The fourth-order valence-corrected chi connectivity index (χ4v) is 7.97. The van der Waals surface area contributed by atoms with Crippen molar-refractivity contribution in [3.05, 3.63) is 53.6 Å². The molecule has 1 aromatic carbocycles. The van der Waals surface area contributed by atoms with E-state index in [9.17, 15) is 22.8 Å². The highest BCUT2D eigenvalue weighted by Crippen LogP contribution is 2.67. The molecule has 3 saturated carbocycles. The number of amides is 1. The lowest BCUT2D eigenvalue weighted by atomic mass is 9.46. The van der Waals surface area contributed by atoms with E-state index in [1.165, 1.54) is 12.1 Å². The van der Waals surface area contributed by atoms with Crippen LogP contribution in [0.1, 0.15) is 64.4 Å². The summed E-state index contributed by atoms with van der Waals surface area (Å²) in [5, 5.41) is 2.89. The molecule has 182 valence electrons. The van der Waals surface area contributed by atoms with Gasteiger partial charge in [0.15, 0.2) is 5.78 Å². The minimum absolute atomic E-state index is 0.0180. The number of allylic oxidation sites excluding steroid dienone is 2. The van der Waals surface area contributed by atoms with E-state index in [0.717, 1.165) is 61.8 Å². The molecule has 3 unspecified atom stereocenters. The maximum Gasteiger partial charge on any atom is 0.416 e. The van der Waals surface area contributed by atoms with Gasteiger partial charge in [0.1, 0.15) is 0 Å². The summed E-state index contributed by atoms with van der Waals surface area (Å²) in [5.41, 5.74) is 1.76. The van der Waals surface area contributed by atoms with Crippen molar-refractivity contribution in [2.24, 2.45) is 34.5 Å². The Morgan fingerprint density at radius 1 is 1.06 bits per heavy atom. The summed E-state index contributed by atoms with van der Waals surface area (Å²) in [6, 6.07) is 4.68. The summed E-state index contributed by atoms with van der Waals surface area (Å²) in [6.45, 7) is 8.90.